The second kappa shape index (κ2) is 6.75. The van der Waals surface area contributed by atoms with Crippen LogP contribution in [0.3, 0.4) is 0 Å². The van der Waals surface area contributed by atoms with Gasteiger partial charge in [0.1, 0.15) is 0 Å². The molecule has 0 spiro atoms. The Morgan fingerprint density at radius 1 is 1.16 bits per heavy atom. The molecule has 1 aromatic carbocycles. The van der Waals surface area contributed by atoms with E-state index < -0.39 is 12.2 Å². The Morgan fingerprint density at radius 3 is 2.63 bits per heavy atom. The Kier molecular flexibility index (Phi) is 5.01. The first-order valence-electron chi connectivity index (χ1n) is 6.63. The number of rotatable bonds is 5. The fraction of sp³-hybridized carbons (Fsp3) is 0.571. The van der Waals surface area contributed by atoms with Crippen molar-refractivity contribution >= 4 is 0 Å². The van der Waals surface area contributed by atoms with Crippen LogP contribution in [0.25, 0.3) is 0 Å². The van der Waals surface area contributed by atoms with Gasteiger partial charge in [-0.2, -0.15) is 0 Å². The molecule has 3 N–H and O–H groups in total. The number of aliphatic hydroxyl groups is 2. The number of ether oxygens (including phenoxy) is 2. The van der Waals surface area contributed by atoms with Crippen molar-refractivity contribution in [1.29, 1.82) is 0 Å². The first-order valence-corrected chi connectivity index (χ1v) is 6.63. The predicted molar refractivity (Wildman–Crippen MR) is 71.6 cm³/mol. The molecule has 106 valence electrons. The fourth-order valence-electron chi connectivity index (χ4n) is 1.93. The lowest BCUT2D eigenvalue weighted by molar-refractivity contribution is 0.154. The monoisotopic (exact) mass is 267 g/mol. The molecule has 2 atom stereocenters. The van der Waals surface area contributed by atoms with E-state index in [0.717, 1.165) is 17.7 Å². The van der Waals surface area contributed by atoms with Crippen LogP contribution in [0.5, 0.6) is 11.5 Å². The molecule has 1 aromatic rings. The summed E-state index contributed by atoms with van der Waals surface area (Å²) in [5.74, 6) is 1.41. The predicted octanol–water partition coefficient (Wildman–Crippen LogP) is 0.852. The van der Waals surface area contributed by atoms with Gasteiger partial charge in [0.05, 0.1) is 25.4 Å². The Balaban J connectivity index is 1.98. The molecule has 1 aliphatic heterocycles. The third kappa shape index (κ3) is 4.09. The van der Waals surface area contributed by atoms with Crippen molar-refractivity contribution in [2.75, 3.05) is 26.3 Å². The third-order valence-electron chi connectivity index (χ3n) is 2.93. The van der Waals surface area contributed by atoms with Crippen LogP contribution in [0.1, 0.15) is 25.0 Å². The van der Waals surface area contributed by atoms with Crippen molar-refractivity contribution in [2.24, 2.45) is 0 Å². The van der Waals surface area contributed by atoms with Gasteiger partial charge in [-0.25, -0.2) is 0 Å². The van der Waals surface area contributed by atoms with Gasteiger partial charge in [-0.3, -0.25) is 0 Å². The number of fused-ring (bicyclic) bond motifs is 1. The van der Waals surface area contributed by atoms with E-state index in [1.807, 2.05) is 18.2 Å². The van der Waals surface area contributed by atoms with E-state index in [-0.39, 0.29) is 0 Å². The summed E-state index contributed by atoms with van der Waals surface area (Å²) in [5, 5.41) is 22.2. The van der Waals surface area contributed by atoms with Crippen LogP contribution in [0.4, 0.5) is 0 Å². The van der Waals surface area contributed by atoms with Gasteiger partial charge in [0.25, 0.3) is 0 Å². The molecule has 2 unspecified atom stereocenters. The van der Waals surface area contributed by atoms with Crippen LogP contribution in [0.15, 0.2) is 18.2 Å². The van der Waals surface area contributed by atoms with Gasteiger partial charge in [-0.05, 0) is 24.6 Å². The lowest BCUT2D eigenvalue weighted by Crippen LogP contribution is -2.28. The molecule has 0 fully saturated rings. The average molecular weight is 267 g/mol. The lowest BCUT2D eigenvalue weighted by atomic mass is 10.1. The van der Waals surface area contributed by atoms with E-state index in [1.54, 1.807) is 6.92 Å². The molecule has 2 rings (SSSR count). The summed E-state index contributed by atoms with van der Waals surface area (Å²) >= 11 is 0. The standard InChI is InChI=1S/C14H21NO4/c1-10(16)8-15-9-12(17)11-3-4-13-14(7-11)19-6-2-5-18-13/h3-4,7,10,12,15-17H,2,5-6,8-9H2,1H3. The zero-order valence-electron chi connectivity index (χ0n) is 11.1. The van der Waals surface area contributed by atoms with Crippen LogP contribution >= 0.6 is 0 Å². The molecular formula is C14H21NO4. The summed E-state index contributed by atoms with van der Waals surface area (Å²) in [6, 6.07) is 5.48. The maximum absolute atomic E-state index is 10.1. The van der Waals surface area contributed by atoms with E-state index in [4.69, 9.17) is 14.6 Å². The summed E-state index contributed by atoms with van der Waals surface area (Å²) in [6.07, 6.45) is -0.186. The first kappa shape index (κ1) is 14.1. The van der Waals surface area contributed by atoms with E-state index in [1.165, 1.54) is 0 Å². The Labute approximate surface area is 113 Å². The maximum atomic E-state index is 10.1. The maximum Gasteiger partial charge on any atom is 0.161 e. The molecule has 0 bridgehead atoms. The molecule has 1 heterocycles. The summed E-state index contributed by atoms with van der Waals surface area (Å²) in [7, 11) is 0. The Morgan fingerprint density at radius 2 is 1.89 bits per heavy atom. The van der Waals surface area contributed by atoms with Crippen LogP contribution < -0.4 is 14.8 Å². The van der Waals surface area contributed by atoms with Crippen molar-refractivity contribution in [2.45, 2.75) is 25.6 Å². The van der Waals surface area contributed by atoms with Crippen molar-refractivity contribution in [3.63, 3.8) is 0 Å². The SMILES string of the molecule is CC(O)CNCC(O)c1ccc2c(c1)OCCCO2. The number of benzene rings is 1. The first-order chi connectivity index (χ1) is 9.16. The number of nitrogens with one attached hydrogen (secondary N) is 1. The smallest absolute Gasteiger partial charge is 0.161 e. The van der Waals surface area contributed by atoms with Gasteiger partial charge in [0, 0.05) is 19.5 Å². The molecule has 19 heavy (non-hydrogen) atoms. The summed E-state index contributed by atoms with van der Waals surface area (Å²) < 4.78 is 11.1. The zero-order valence-corrected chi connectivity index (χ0v) is 11.1. The van der Waals surface area contributed by atoms with Crippen molar-refractivity contribution in [1.82, 2.24) is 5.32 Å². The van der Waals surface area contributed by atoms with Crippen LogP contribution in [0.2, 0.25) is 0 Å². The highest BCUT2D eigenvalue weighted by atomic mass is 16.5. The van der Waals surface area contributed by atoms with E-state index >= 15 is 0 Å². The Hall–Kier alpha value is -1.30. The van der Waals surface area contributed by atoms with Crippen molar-refractivity contribution in [3.05, 3.63) is 23.8 Å². The number of hydrogen-bond donors (Lipinski definition) is 3. The molecule has 0 amide bonds. The van der Waals surface area contributed by atoms with Gasteiger partial charge >= 0.3 is 0 Å². The minimum atomic E-state index is -0.629. The second-order valence-electron chi connectivity index (χ2n) is 4.78. The average Bonchev–Trinajstić information content (AvgIpc) is 2.62. The molecule has 0 radical (unpaired) electrons. The highest BCUT2D eigenvalue weighted by Crippen LogP contribution is 2.32. The minimum Gasteiger partial charge on any atom is -0.490 e. The summed E-state index contributed by atoms with van der Waals surface area (Å²) in [6.45, 7) is 3.84. The quantitative estimate of drug-likeness (QED) is 0.738. The van der Waals surface area contributed by atoms with Crippen LogP contribution in [0, 0.1) is 0 Å². The molecule has 0 aromatic heterocycles. The van der Waals surface area contributed by atoms with E-state index in [9.17, 15) is 5.11 Å². The van der Waals surface area contributed by atoms with Crippen LogP contribution in [-0.2, 0) is 0 Å². The lowest BCUT2D eigenvalue weighted by Gasteiger charge is -2.15. The van der Waals surface area contributed by atoms with Gasteiger partial charge in [0.2, 0.25) is 0 Å². The largest absolute Gasteiger partial charge is 0.490 e. The second-order valence-corrected chi connectivity index (χ2v) is 4.78. The van der Waals surface area contributed by atoms with E-state index in [2.05, 4.69) is 5.32 Å². The van der Waals surface area contributed by atoms with Gasteiger partial charge in [-0.1, -0.05) is 6.07 Å². The van der Waals surface area contributed by atoms with Crippen LogP contribution in [-0.4, -0.2) is 42.6 Å². The molecule has 0 saturated carbocycles. The molecule has 1 aliphatic rings. The summed E-state index contributed by atoms with van der Waals surface area (Å²) in [5.41, 5.74) is 0.780. The Bertz CT molecular complexity index is 408. The highest BCUT2D eigenvalue weighted by Gasteiger charge is 2.14. The van der Waals surface area contributed by atoms with Crippen molar-refractivity contribution < 1.29 is 19.7 Å². The van der Waals surface area contributed by atoms with E-state index in [0.29, 0.717) is 32.1 Å². The molecule has 0 saturated heterocycles. The minimum absolute atomic E-state index is 0.393. The highest BCUT2D eigenvalue weighted by molar-refractivity contribution is 5.44. The molecule has 0 aliphatic carbocycles. The molecule has 5 nitrogen and oxygen atoms in total. The number of hydrogen-bond acceptors (Lipinski definition) is 5. The third-order valence-corrected chi connectivity index (χ3v) is 2.93. The normalized spacial score (nSPS) is 17.6. The molecule has 5 heteroatoms. The van der Waals surface area contributed by atoms with Crippen molar-refractivity contribution in [3.8, 4) is 11.5 Å². The zero-order chi connectivity index (χ0) is 13.7. The fourth-order valence-corrected chi connectivity index (χ4v) is 1.93. The van der Waals surface area contributed by atoms with Gasteiger partial charge < -0.3 is 25.0 Å². The summed E-state index contributed by atoms with van der Waals surface area (Å²) in [4.78, 5) is 0. The number of aliphatic hydroxyl groups excluding tert-OH is 2. The van der Waals surface area contributed by atoms with Gasteiger partial charge in [-0.15, -0.1) is 0 Å². The topological polar surface area (TPSA) is 71.0 Å². The van der Waals surface area contributed by atoms with Gasteiger partial charge in [0.15, 0.2) is 11.5 Å². The molecular weight excluding hydrogens is 246 g/mol.